The summed E-state index contributed by atoms with van der Waals surface area (Å²) in [6.07, 6.45) is -4.30. The molecule has 1 nitrogen and oxygen atoms in total. The topological polar surface area (TPSA) is 12.9 Å². The number of rotatable bonds is 3. The van der Waals surface area contributed by atoms with E-state index in [1.165, 1.54) is 36.5 Å². The number of hydrogen-bond acceptors (Lipinski definition) is 2. The Labute approximate surface area is 162 Å². The van der Waals surface area contributed by atoms with Crippen LogP contribution in [0.4, 0.5) is 26.3 Å². The summed E-state index contributed by atoms with van der Waals surface area (Å²) in [5.41, 5.74) is -0.254. The highest BCUT2D eigenvalue weighted by molar-refractivity contribution is 7.15. The first kappa shape index (κ1) is 20.6. The number of thiazole rings is 1. The van der Waals surface area contributed by atoms with Crippen LogP contribution in [0.1, 0.15) is 28.2 Å². The van der Waals surface area contributed by atoms with Crippen molar-refractivity contribution in [1.82, 2.24) is 4.98 Å². The van der Waals surface area contributed by atoms with Gasteiger partial charge in [0.25, 0.3) is 0 Å². The van der Waals surface area contributed by atoms with E-state index >= 15 is 0 Å². The first-order valence-electron chi connectivity index (χ1n) is 8.55. The first-order valence-corrected chi connectivity index (χ1v) is 9.37. The molecule has 0 amide bonds. The summed E-state index contributed by atoms with van der Waals surface area (Å²) in [5.74, 6) is -0.344. The minimum Gasteiger partial charge on any atom is -0.246 e. The quantitative estimate of drug-likeness (QED) is 0.488. The van der Waals surface area contributed by atoms with E-state index in [1.807, 2.05) is 0 Å². The van der Waals surface area contributed by atoms with Crippen molar-refractivity contribution < 1.29 is 26.3 Å². The van der Waals surface area contributed by atoms with Crippen LogP contribution in [0.25, 0.3) is 10.4 Å². The number of benzene rings is 1. The fraction of sp³-hybridized carbons (Fsp3) is 0.350. The van der Waals surface area contributed by atoms with Crippen molar-refractivity contribution in [3.63, 3.8) is 0 Å². The average molecular weight is 417 g/mol. The van der Waals surface area contributed by atoms with Gasteiger partial charge in [0.05, 0.1) is 26.7 Å². The van der Waals surface area contributed by atoms with Gasteiger partial charge in [0.2, 0.25) is 0 Å². The Kier molecular flexibility index (Phi) is 5.44. The summed E-state index contributed by atoms with van der Waals surface area (Å²) in [4.78, 5) is 4.99. The lowest BCUT2D eigenvalue weighted by Crippen LogP contribution is -2.15. The highest BCUT2D eigenvalue weighted by Crippen LogP contribution is 2.38. The van der Waals surface area contributed by atoms with E-state index in [4.69, 9.17) is 0 Å². The smallest absolute Gasteiger partial charge is 0.246 e. The lowest BCUT2D eigenvalue weighted by Gasteiger charge is -2.17. The maximum absolute atomic E-state index is 13.2. The number of hydrogen-bond donors (Lipinski definition) is 0. The highest BCUT2D eigenvalue weighted by atomic mass is 32.1. The zero-order valence-corrected chi connectivity index (χ0v) is 15.9. The van der Waals surface area contributed by atoms with E-state index in [-0.39, 0.29) is 11.5 Å². The minimum absolute atomic E-state index is 0.137. The Morgan fingerprint density at radius 2 is 1.79 bits per heavy atom. The molecule has 1 atom stereocenters. The largest absolute Gasteiger partial charge is 0.416 e. The van der Waals surface area contributed by atoms with Gasteiger partial charge in [-0.25, -0.2) is 4.98 Å². The Morgan fingerprint density at radius 3 is 2.43 bits per heavy atom. The number of alkyl halides is 6. The number of allylic oxidation sites excluding steroid dienone is 4. The van der Waals surface area contributed by atoms with Gasteiger partial charge in [0, 0.05) is 6.42 Å². The molecule has 0 saturated heterocycles. The van der Waals surface area contributed by atoms with Crippen molar-refractivity contribution >= 4 is 11.3 Å². The molecule has 0 aliphatic heterocycles. The van der Waals surface area contributed by atoms with E-state index in [0.29, 0.717) is 34.0 Å². The maximum atomic E-state index is 13.2. The molecule has 1 heterocycles. The molecule has 0 saturated carbocycles. The summed E-state index contributed by atoms with van der Waals surface area (Å²) in [6.45, 7) is 3.10. The summed E-state index contributed by atoms with van der Waals surface area (Å²) < 4.78 is 78.2. The Morgan fingerprint density at radius 1 is 1.07 bits per heavy atom. The monoisotopic (exact) mass is 417 g/mol. The van der Waals surface area contributed by atoms with Gasteiger partial charge in [0.1, 0.15) is 0 Å². The van der Waals surface area contributed by atoms with E-state index in [2.05, 4.69) is 4.98 Å². The second-order valence-corrected chi connectivity index (χ2v) is 7.86. The predicted octanol–water partition coefficient (Wildman–Crippen LogP) is 7.05. The second-order valence-electron chi connectivity index (χ2n) is 6.77. The minimum atomic E-state index is -4.45. The van der Waals surface area contributed by atoms with Gasteiger partial charge in [-0.2, -0.15) is 26.3 Å². The number of aromatic nitrogens is 1. The molecule has 28 heavy (non-hydrogen) atoms. The van der Waals surface area contributed by atoms with E-state index in [1.54, 1.807) is 13.0 Å². The van der Waals surface area contributed by atoms with E-state index in [9.17, 15) is 26.3 Å². The Bertz CT molecular complexity index is 933. The lowest BCUT2D eigenvalue weighted by molar-refractivity contribution is -0.138. The molecule has 0 N–H and O–H groups in total. The Hall–Kier alpha value is -2.09. The highest BCUT2D eigenvalue weighted by Gasteiger charge is 2.34. The van der Waals surface area contributed by atoms with Gasteiger partial charge < -0.3 is 0 Å². The van der Waals surface area contributed by atoms with Crippen molar-refractivity contribution in [2.24, 2.45) is 5.92 Å². The third kappa shape index (κ3) is 4.48. The normalized spacial score (nSPS) is 17.7. The van der Waals surface area contributed by atoms with Crippen LogP contribution in [-0.4, -0.2) is 11.2 Å². The van der Waals surface area contributed by atoms with Gasteiger partial charge in [-0.3, -0.25) is 0 Å². The molecule has 1 aliphatic carbocycles. The molecular weight excluding hydrogens is 400 g/mol. The zero-order chi connectivity index (χ0) is 20.7. The summed E-state index contributed by atoms with van der Waals surface area (Å²) in [7, 11) is 0. The van der Waals surface area contributed by atoms with Crippen LogP contribution in [0.3, 0.4) is 0 Å². The SMILES string of the molecule is Cc1ccc(-c2sc(CC3C=C(C(F)(F)F)C=CC3)nc2C)cc1C(F)(F)F. The molecule has 1 unspecified atom stereocenters. The van der Waals surface area contributed by atoms with Crippen LogP contribution in [0.5, 0.6) is 0 Å². The van der Waals surface area contributed by atoms with Gasteiger partial charge in [-0.05, 0) is 43.4 Å². The fourth-order valence-electron chi connectivity index (χ4n) is 3.18. The molecule has 0 fully saturated rings. The molecule has 0 spiro atoms. The molecule has 2 aromatic rings. The van der Waals surface area contributed by atoms with Crippen molar-refractivity contribution in [2.75, 3.05) is 0 Å². The van der Waals surface area contributed by atoms with Crippen LogP contribution >= 0.6 is 11.3 Å². The zero-order valence-electron chi connectivity index (χ0n) is 15.1. The van der Waals surface area contributed by atoms with Crippen LogP contribution in [0, 0.1) is 19.8 Å². The molecule has 150 valence electrons. The predicted molar refractivity (Wildman–Crippen MR) is 97.1 cm³/mol. The van der Waals surface area contributed by atoms with Crippen LogP contribution in [-0.2, 0) is 12.6 Å². The second kappa shape index (κ2) is 7.39. The van der Waals surface area contributed by atoms with Crippen LogP contribution in [0.2, 0.25) is 0 Å². The van der Waals surface area contributed by atoms with Gasteiger partial charge in [-0.15, -0.1) is 11.3 Å². The molecular formula is C20H17F6NS. The van der Waals surface area contributed by atoms with Gasteiger partial charge in [-0.1, -0.05) is 30.4 Å². The van der Waals surface area contributed by atoms with E-state index in [0.717, 1.165) is 12.1 Å². The van der Waals surface area contributed by atoms with Gasteiger partial charge in [0.15, 0.2) is 0 Å². The lowest BCUT2D eigenvalue weighted by atomic mass is 9.93. The third-order valence-corrected chi connectivity index (χ3v) is 5.79. The van der Waals surface area contributed by atoms with Crippen molar-refractivity contribution in [2.45, 2.75) is 39.0 Å². The van der Waals surface area contributed by atoms with Crippen molar-refractivity contribution in [1.29, 1.82) is 0 Å². The standard InChI is InChI=1S/C20H17F6NS/c1-11-6-7-14(10-16(11)20(24,25)26)18-12(2)27-17(28-18)9-13-4-3-5-15(8-13)19(21,22)23/h3,5-8,10,13H,4,9H2,1-2H3. The van der Waals surface area contributed by atoms with Crippen molar-refractivity contribution in [3.8, 4) is 10.4 Å². The Balaban J connectivity index is 1.87. The van der Waals surface area contributed by atoms with Crippen LogP contribution in [0.15, 0.2) is 42.0 Å². The summed E-state index contributed by atoms with van der Waals surface area (Å²) in [5, 5.41) is 0.611. The molecule has 8 heteroatoms. The molecule has 1 aromatic carbocycles. The number of halogens is 6. The van der Waals surface area contributed by atoms with Gasteiger partial charge >= 0.3 is 12.4 Å². The van der Waals surface area contributed by atoms with Crippen molar-refractivity contribution in [3.05, 3.63) is 63.8 Å². The maximum Gasteiger partial charge on any atom is 0.416 e. The average Bonchev–Trinajstić information content (AvgIpc) is 2.94. The molecule has 0 radical (unpaired) electrons. The molecule has 1 aliphatic rings. The third-order valence-electron chi connectivity index (χ3n) is 4.56. The number of nitrogens with zero attached hydrogens (tertiary/aromatic N) is 1. The molecule has 3 rings (SSSR count). The summed E-state index contributed by atoms with van der Waals surface area (Å²) >= 11 is 1.23. The fourth-order valence-corrected chi connectivity index (χ4v) is 4.33. The summed E-state index contributed by atoms with van der Waals surface area (Å²) in [6, 6.07) is 4.13. The van der Waals surface area contributed by atoms with E-state index < -0.39 is 23.5 Å². The number of aryl methyl sites for hydroxylation is 2. The molecule has 0 bridgehead atoms. The first-order chi connectivity index (χ1) is 12.9. The molecule has 1 aromatic heterocycles. The van der Waals surface area contributed by atoms with Crippen LogP contribution < -0.4 is 0 Å².